The number of carbonyl (C=O) groups is 1. The fourth-order valence-electron chi connectivity index (χ4n) is 4.22. The lowest BCUT2D eigenvalue weighted by Crippen LogP contribution is -2.35. The van der Waals surface area contributed by atoms with Gasteiger partial charge in [0.05, 0.1) is 6.04 Å². The van der Waals surface area contributed by atoms with Gasteiger partial charge in [-0.3, -0.25) is 4.79 Å². The van der Waals surface area contributed by atoms with E-state index in [1.165, 1.54) is 11.1 Å². The Kier molecular flexibility index (Phi) is 5.02. The smallest absolute Gasteiger partial charge is 0.254 e. The maximum absolute atomic E-state index is 13.1. The maximum atomic E-state index is 13.1. The molecule has 0 bridgehead atoms. The molecule has 0 aromatic heterocycles. The van der Waals surface area contributed by atoms with Crippen LogP contribution in [-0.2, 0) is 0 Å². The number of fused-ring (bicyclic) bond motifs is 1. The molecule has 4 nitrogen and oxygen atoms in total. The number of halogens is 1. The molecule has 4 rings (SSSR count). The lowest BCUT2D eigenvalue weighted by atomic mass is 9.87. The summed E-state index contributed by atoms with van der Waals surface area (Å²) < 4.78 is 0. The van der Waals surface area contributed by atoms with Gasteiger partial charge in [-0.2, -0.15) is 0 Å². The maximum Gasteiger partial charge on any atom is 0.254 e. The predicted octanol–water partition coefficient (Wildman–Crippen LogP) is 3.16. The molecule has 5 heteroatoms. The average Bonchev–Trinajstić information content (AvgIpc) is 3.16. The van der Waals surface area contributed by atoms with E-state index in [4.69, 9.17) is 0 Å². The van der Waals surface area contributed by atoms with Gasteiger partial charge in [0.25, 0.3) is 5.91 Å². The van der Waals surface area contributed by atoms with Gasteiger partial charge < -0.3 is 15.3 Å². The number of amides is 1. The molecule has 0 unspecified atom stereocenters. The molecule has 1 amide bonds. The summed E-state index contributed by atoms with van der Waals surface area (Å²) in [7, 11) is 0. The number of hydrogen-bond acceptors (Lipinski definition) is 3. The van der Waals surface area contributed by atoms with E-state index in [1.807, 2.05) is 11.0 Å². The highest BCUT2D eigenvalue weighted by Crippen LogP contribution is 2.44. The van der Waals surface area contributed by atoms with Crippen molar-refractivity contribution in [2.24, 2.45) is 11.8 Å². The Hall–Kier alpha value is -2.04. The summed E-state index contributed by atoms with van der Waals surface area (Å²) in [6.45, 7) is 4.85. The summed E-state index contributed by atoms with van der Waals surface area (Å²) in [6.07, 6.45) is 0. The molecule has 132 valence electrons. The third-order valence-corrected chi connectivity index (χ3v) is 5.45. The lowest BCUT2D eigenvalue weighted by molar-refractivity contribution is 0.0713. The van der Waals surface area contributed by atoms with Crippen molar-refractivity contribution in [3.8, 4) is 5.75 Å². The number of aromatic hydroxyl groups is 1. The molecule has 3 atom stereocenters. The van der Waals surface area contributed by atoms with Gasteiger partial charge in [0.2, 0.25) is 0 Å². The van der Waals surface area contributed by atoms with Crippen LogP contribution in [0, 0.1) is 18.8 Å². The van der Waals surface area contributed by atoms with E-state index in [9.17, 15) is 9.90 Å². The lowest BCUT2D eigenvalue weighted by Gasteiger charge is -2.29. The molecular formula is C20H23ClN2O2. The van der Waals surface area contributed by atoms with Crippen LogP contribution in [0.25, 0.3) is 0 Å². The van der Waals surface area contributed by atoms with Crippen molar-refractivity contribution in [2.75, 3.05) is 19.6 Å². The van der Waals surface area contributed by atoms with Crippen LogP contribution < -0.4 is 5.32 Å². The molecule has 2 aliphatic rings. The van der Waals surface area contributed by atoms with Crippen molar-refractivity contribution in [3.63, 3.8) is 0 Å². The number of nitrogens with one attached hydrogen (secondary N) is 1. The second-order valence-corrected chi connectivity index (χ2v) is 6.89. The number of hydrogen-bond donors (Lipinski definition) is 2. The number of phenols is 1. The molecule has 2 aromatic carbocycles. The van der Waals surface area contributed by atoms with Crippen LogP contribution >= 0.6 is 12.4 Å². The van der Waals surface area contributed by atoms with Crippen molar-refractivity contribution >= 4 is 18.3 Å². The van der Waals surface area contributed by atoms with Crippen LogP contribution in [0.3, 0.4) is 0 Å². The zero-order valence-electron chi connectivity index (χ0n) is 14.2. The quantitative estimate of drug-likeness (QED) is 0.867. The summed E-state index contributed by atoms with van der Waals surface area (Å²) >= 11 is 0. The molecule has 2 aromatic rings. The summed E-state index contributed by atoms with van der Waals surface area (Å²) in [4.78, 5) is 15.1. The van der Waals surface area contributed by atoms with Gasteiger partial charge in [-0.25, -0.2) is 0 Å². The average molecular weight is 359 g/mol. The summed E-state index contributed by atoms with van der Waals surface area (Å²) in [5.74, 6) is 1.21. The van der Waals surface area contributed by atoms with Crippen LogP contribution in [-0.4, -0.2) is 35.5 Å². The van der Waals surface area contributed by atoms with E-state index in [2.05, 4.69) is 30.4 Å². The van der Waals surface area contributed by atoms with Crippen molar-refractivity contribution < 1.29 is 9.90 Å². The fourth-order valence-corrected chi connectivity index (χ4v) is 4.22. The van der Waals surface area contributed by atoms with Gasteiger partial charge in [0.15, 0.2) is 0 Å². The molecule has 0 aliphatic carbocycles. The third kappa shape index (κ3) is 3.12. The van der Waals surface area contributed by atoms with Gasteiger partial charge in [-0.1, -0.05) is 24.3 Å². The van der Waals surface area contributed by atoms with E-state index >= 15 is 0 Å². The monoisotopic (exact) mass is 358 g/mol. The summed E-state index contributed by atoms with van der Waals surface area (Å²) in [5.41, 5.74) is 3.12. The first-order valence-electron chi connectivity index (χ1n) is 8.51. The Morgan fingerprint density at radius 3 is 2.56 bits per heavy atom. The number of likely N-dealkylation sites (tertiary alicyclic amines) is 1. The van der Waals surface area contributed by atoms with E-state index < -0.39 is 0 Å². The first-order valence-corrected chi connectivity index (χ1v) is 8.51. The highest BCUT2D eigenvalue weighted by molar-refractivity contribution is 5.95. The molecular weight excluding hydrogens is 336 g/mol. The second kappa shape index (κ2) is 7.06. The molecule has 25 heavy (non-hydrogen) atoms. The highest BCUT2D eigenvalue weighted by Gasteiger charge is 2.47. The number of carbonyl (C=O) groups excluding carboxylic acids is 1. The Morgan fingerprint density at radius 2 is 1.84 bits per heavy atom. The Bertz CT molecular complexity index is 763. The Balaban J connectivity index is 0.00000182. The van der Waals surface area contributed by atoms with Gasteiger partial charge in [0.1, 0.15) is 5.75 Å². The summed E-state index contributed by atoms with van der Waals surface area (Å²) in [5, 5.41) is 12.9. The summed E-state index contributed by atoms with van der Waals surface area (Å²) in [6, 6.07) is 15.1. The fraction of sp³-hybridized carbons (Fsp3) is 0.350. The zero-order chi connectivity index (χ0) is 16.7. The molecule has 2 fully saturated rings. The molecule has 2 aliphatic heterocycles. The Morgan fingerprint density at radius 1 is 1.12 bits per heavy atom. The third-order valence-electron chi connectivity index (χ3n) is 5.45. The minimum atomic E-state index is 0. The number of rotatable bonds is 2. The predicted molar refractivity (Wildman–Crippen MR) is 100 cm³/mol. The second-order valence-electron chi connectivity index (χ2n) is 6.89. The first kappa shape index (κ1) is 17.8. The van der Waals surface area contributed by atoms with Gasteiger partial charge in [0, 0.05) is 31.1 Å². The Labute approximate surface area is 154 Å². The molecule has 2 N–H and O–H groups in total. The number of phenolic OH excluding ortho intramolecular Hbond substituents is 1. The highest BCUT2D eigenvalue weighted by atomic mass is 35.5. The van der Waals surface area contributed by atoms with Crippen molar-refractivity contribution in [1.82, 2.24) is 10.2 Å². The van der Waals surface area contributed by atoms with Crippen molar-refractivity contribution in [1.29, 1.82) is 0 Å². The molecule has 2 saturated heterocycles. The van der Waals surface area contributed by atoms with Crippen LogP contribution in [0.5, 0.6) is 5.75 Å². The molecule has 0 saturated carbocycles. The van der Waals surface area contributed by atoms with E-state index in [1.54, 1.807) is 24.3 Å². The van der Waals surface area contributed by atoms with E-state index in [-0.39, 0.29) is 30.1 Å². The van der Waals surface area contributed by atoms with Gasteiger partial charge in [-0.15, -0.1) is 12.4 Å². The first-order chi connectivity index (χ1) is 11.6. The van der Waals surface area contributed by atoms with Gasteiger partial charge >= 0.3 is 0 Å². The minimum absolute atomic E-state index is 0. The molecule has 0 spiro atoms. The largest absolute Gasteiger partial charge is 0.508 e. The van der Waals surface area contributed by atoms with Crippen molar-refractivity contribution in [2.45, 2.75) is 13.0 Å². The number of nitrogens with zero attached hydrogens (tertiary/aromatic N) is 1. The van der Waals surface area contributed by atoms with Crippen LogP contribution in [0.15, 0.2) is 48.5 Å². The number of aryl methyl sites for hydroxylation is 1. The van der Waals surface area contributed by atoms with E-state index in [0.717, 1.165) is 19.6 Å². The van der Waals surface area contributed by atoms with Crippen LogP contribution in [0.2, 0.25) is 0 Å². The minimum Gasteiger partial charge on any atom is -0.508 e. The normalized spacial score (nSPS) is 24.7. The van der Waals surface area contributed by atoms with E-state index in [0.29, 0.717) is 17.4 Å². The van der Waals surface area contributed by atoms with Crippen LogP contribution in [0.1, 0.15) is 27.5 Å². The topological polar surface area (TPSA) is 52.6 Å². The molecule has 0 radical (unpaired) electrons. The van der Waals surface area contributed by atoms with Gasteiger partial charge in [-0.05, 0) is 48.2 Å². The van der Waals surface area contributed by atoms with Crippen LogP contribution in [0.4, 0.5) is 0 Å². The zero-order valence-corrected chi connectivity index (χ0v) is 15.0. The standard InChI is InChI=1S/C20H22N2O2.ClH/c1-13-4-2-3-5-17(13)19-18-11-21-10-15(18)12-22(19)20(24)14-6-8-16(23)9-7-14;/h2-9,15,18-19,21,23H,10-12H2,1H3;1H/t15-,18-,19+;/m0./s1. The number of benzene rings is 2. The SMILES string of the molecule is Cc1ccccc1[C@@H]1[C@H]2CNC[C@H]2CN1C(=O)c1ccc(O)cc1.Cl. The molecule has 2 heterocycles. The van der Waals surface area contributed by atoms with Crippen molar-refractivity contribution in [3.05, 3.63) is 65.2 Å².